The van der Waals surface area contributed by atoms with E-state index < -0.39 is 0 Å². The molecule has 1 amide bonds. The van der Waals surface area contributed by atoms with Crippen LogP contribution in [0.1, 0.15) is 17.5 Å². The van der Waals surface area contributed by atoms with Crippen LogP contribution in [0.5, 0.6) is 0 Å². The first-order chi connectivity index (χ1) is 14.0. The number of hydrogen-bond acceptors (Lipinski definition) is 2. The van der Waals surface area contributed by atoms with E-state index in [2.05, 4.69) is 96.7 Å². The first-order valence-electron chi connectivity index (χ1n) is 9.27. The number of nitrogens with zero attached hydrogens (tertiary/aromatic N) is 2. The highest BCUT2D eigenvalue weighted by Gasteiger charge is 2.12. The molecule has 4 rings (SSSR count). The normalized spacial score (nSPS) is 11.6. The van der Waals surface area contributed by atoms with Crippen molar-refractivity contribution in [2.45, 2.75) is 19.9 Å². The maximum Gasteiger partial charge on any atom is 0.241 e. The Labute approximate surface area is 196 Å². The number of nitrogens with one attached hydrogen (secondary N) is 1. The SMILES string of the molecule is Cc1ccc(/C=N/NC(=O)CCn2c3ccc(I)cc3c3cc(I)ccc32)cc1. The monoisotopic (exact) mass is 607 g/mol. The molecule has 0 aliphatic rings. The van der Waals surface area contributed by atoms with Crippen molar-refractivity contribution in [2.24, 2.45) is 5.10 Å². The number of carbonyl (C=O) groups is 1. The maximum absolute atomic E-state index is 12.3. The van der Waals surface area contributed by atoms with E-state index in [0.717, 1.165) is 16.6 Å². The summed E-state index contributed by atoms with van der Waals surface area (Å²) in [5.41, 5.74) is 7.10. The summed E-state index contributed by atoms with van der Waals surface area (Å²) in [5.74, 6) is -0.0978. The Morgan fingerprint density at radius 3 is 2.14 bits per heavy atom. The summed E-state index contributed by atoms with van der Waals surface area (Å²) in [4.78, 5) is 12.3. The standard InChI is InChI=1S/C23H19I2N3O/c1-15-2-4-16(5-3-15)14-26-27-23(29)10-11-28-21-8-6-17(24)12-19(21)20-13-18(25)7-9-22(20)28/h2-9,12-14H,10-11H2,1H3,(H,27,29)/b26-14+. The molecule has 146 valence electrons. The van der Waals surface area contributed by atoms with Crippen LogP contribution in [0.3, 0.4) is 0 Å². The van der Waals surface area contributed by atoms with Gasteiger partial charge in [0.2, 0.25) is 5.91 Å². The second-order valence-electron chi connectivity index (χ2n) is 6.93. The Morgan fingerprint density at radius 2 is 1.55 bits per heavy atom. The van der Waals surface area contributed by atoms with Crippen molar-refractivity contribution >= 4 is 79.1 Å². The molecule has 3 aromatic carbocycles. The average Bonchev–Trinajstić information content (AvgIpc) is 3.00. The second kappa shape index (κ2) is 8.83. The van der Waals surface area contributed by atoms with Gasteiger partial charge in [0.1, 0.15) is 0 Å². The Kier molecular flexibility index (Phi) is 6.19. The van der Waals surface area contributed by atoms with Crippen LogP contribution in [-0.2, 0) is 11.3 Å². The van der Waals surface area contributed by atoms with Crippen molar-refractivity contribution < 1.29 is 4.79 Å². The molecule has 1 heterocycles. The number of hydrazone groups is 1. The minimum absolute atomic E-state index is 0.0978. The van der Waals surface area contributed by atoms with Gasteiger partial charge >= 0.3 is 0 Å². The van der Waals surface area contributed by atoms with Gasteiger partial charge in [-0.1, -0.05) is 29.8 Å². The van der Waals surface area contributed by atoms with Crippen LogP contribution in [0.2, 0.25) is 0 Å². The van der Waals surface area contributed by atoms with E-state index in [4.69, 9.17) is 0 Å². The summed E-state index contributed by atoms with van der Waals surface area (Å²) < 4.78 is 4.63. The molecule has 0 unspecified atom stereocenters. The molecule has 0 atom stereocenters. The second-order valence-corrected chi connectivity index (χ2v) is 9.42. The van der Waals surface area contributed by atoms with Crippen LogP contribution in [0.25, 0.3) is 21.8 Å². The number of benzene rings is 3. The number of halogens is 2. The van der Waals surface area contributed by atoms with E-state index in [9.17, 15) is 4.79 Å². The van der Waals surface area contributed by atoms with Crippen molar-refractivity contribution in [3.63, 3.8) is 0 Å². The molecule has 0 fully saturated rings. The molecule has 0 spiro atoms. The van der Waals surface area contributed by atoms with Crippen LogP contribution >= 0.6 is 45.2 Å². The smallest absolute Gasteiger partial charge is 0.241 e. The molecule has 1 N–H and O–H groups in total. The number of hydrogen-bond donors (Lipinski definition) is 1. The lowest BCUT2D eigenvalue weighted by molar-refractivity contribution is -0.121. The van der Waals surface area contributed by atoms with E-state index in [0.29, 0.717) is 13.0 Å². The number of aromatic nitrogens is 1. The quantitative estimate of drug-likeness (QED) is 0.173. The van der Waals surface area contributed by atoms with Crippen LogP contribution in [0, 0.1) is 14.1 Å². The molecule has 0 radical (unpaired) electrons. The van der Waals surface area contributed by atoms with E-state index in [-0.39, 0.29) is 5.91 Å². The van der Waals surface area contributed by atoms with Gasteiger partial charge in [0.05, 0.1) is 6.21 Å². The fourth-order valence-corrected chi connectivity index (χ4v) is 4.37. The third-order valence-electron chi connectivity index (χ3n) is 4.83. The highest BCUT2D eigenvalue weighted by Crippen LogP contribution is 2.31. The van der Waals surface area contributed by atoms with Gasteiger partial charge in [-0.15, -0.1) is 0 Å². The lowest BCUT2D eigenvalue weighted by Gasteiger charge is -2.07. The lowest BCUT2D eigenvalue weighted by atomic mass is 10.2. The fraction of sp³-hybridized carbons (Fsp3) is 0.130. The molecule has 29 heavy (non-hydrogen) atoms. The van der Waals surface area contributed by atoms with E-state index in [1.807, 2.05) is 31.2 Å². The molecular weight excluding hydrogens is 588 g/mol. The van der Waals surface area contributed by atoms with Crippen LogP contribution in [0.4, 0.5) is 0 Å². The van der Waals surface area contributed by atoms with E-state index in [1.165, 1.54) is 23.5 Å². The number of carbonyl (C=O) groups excluding carboxylic acids is 1. The molecule has 0 saturated heterocycles. The third-order valence-corrected chi connectivity index (χ3v) is 6.17. The van der Waals surface area contributed by atoms with Crippen molar-refractivity contribution in [1.29, 1.82) is 0 Å². The van der Waals surface area contributed by atoms with Crippen molar-refractivity contribution in [2.75, 3.05) is 0 Å². The minimum atomic E-state index is -0.0978. The third kappa shape index (κ3) is 4.63. The summed E-state index contributed by atoms with van der Waals surface area (Å²) in [6.45, 7) is 2.65. The molecule has 0 aliphatic heterocycles. The van der Waals surface area contributed by atoms with Crippen molar-refractivity contribution in [3.8, 4) is 0 Å². The minimum Gasteiger partial charge on any atom is -0.340 e. The Hall–Kier alpha value is -1.94. The first-order valence-corrected chi connectivity index (χ1v) is 11.4. The number of amides is 1. The topological polar surface area (TPSA) is 46.4 Å². The Bertz CT molecular complexity index is 1170. The van der Waals surface area contributed by atoms with E-state index >= 15 is 0 Å². The van der Waals surface area contributed by atoms with Gasteiger partial charge in [-0.25, -0.2) is 5.43 Å². The number of aryl methyl sites for hydroxylation is 2. The molecule has 4 nitrogen and oxygen atoms in total. The highest BCUT2D eigenvalue weighted by molar-refractivity contribution is 14.1. The molecule has 0 saturated carbocycles. The van der Waals surface area contributed by atoms with Gasteiger partial charge in [-0.05, 0) is 94.1 Å². The van der Waals surface area contributed by atoms with Gasteiger partial charge in [0.15, 0.2) is 0 Å². The average molecular weight is 607 g/mol. The van der Waals surface area contributed by atoms with Crippen LogP contribution in [-0.4, -0.2) is 16.7 Å². The zero-order chi connectivity index (χ0) is 20.4. The Balaban J connectivity index is 1.51. The van der Waals surface area contributed by atoms with E-state index in [1.54, 1.807) is 6.21 Å². The number of fused-ring (bicyclic) bond motifs is 3. The highest BCUT2D eigenvalue weighted by atomic mass is 127. The summed E-state index contributed by atoms with van der Waals surface area (Å²) in [6.07, 6.45) is 2.03. The van der Waals surface area contributed by atoms with Crippen LogP contribution in [0.15, 0.2) is 65.8 Å². The lowest BCUT2D eigenvalue weighted by Crippen LogP contribution is -2.19. The summed E-state index contributed by atoms with van der Waals surface area (Å²) in [7, 11) is 0. The molecule has 1 aromatic heterocycles. The maximum atomic E-state index is 12.3. The van der Waals surface area contributed by atoms with Gasteiger partial charge in [0, 0.05) is 41.9 Å². The molecule has 6 heteroatoms. The molecule has 0 aliphatic carbocycles. The summed E-state index contributed by atoms with van der Waals surface area (Å²) >= 11 is 4.68. The number of rotatable bonds is 5. The zero-order valence-corrected chi connectivity index (χ0v) is 20.1. The largest absolute Gasteiger partial charge is 0.340 e. The van der Waals surface area contributed by atoms with Crippen LogP contribution < -0.4 is 5.43 Å². The summed E-state index contributed by atoms with van der Waals surface area (Å²) in [6, 6.07) is 20.9. The molecular formula is C23H19I2N3O. The molecule has 0 bridgehead atoms. The zero-order valence-electron chi connectivity index (χ0n) is 15.8. The van der Waals surface area contributed by atoms with Crippen molar-refractivity contribution in [1.82, 2.24) is 9.99 Å². The van der Waals surface area contributed by atoms with Gasteiger partial charge in [-0.2, -0.15) is 5.10 Å². The predicted octanol–water partition coefficient (Wildman–Crippen LogP) is 5.85. The first kappa shape index (κ1) is 20.3. The molecule has 4 aromatic rings. The Morgan fingerprint density at radius 1 is 0.966 bits per heavy atom. The van der Waals surface area contributed by atoms with Crippen molar-refractivity contribution in [3.05, 3.63) is 78.9 Å². The summed E-state index contributed by atoms with van der Waals surface area (Å²) in [5, 5.41) is 6.53. The fourth-order valence-electron chi connectivity index (χ4n) is 3.39. The van der Waals surface area contributed by atoms with Gasteiger partial charge in [-0.3, -0.25) is 4.79 Å². The van der Waals surface area contributed by atoms with Gasteiger partial charge < -0.3 is 4.57 Å². The van der Waals surface area contributed by atoms with Gasteiger partial charge in [0.25, 0.3) is 0 Å². The predicted molar refractivity (Wildman–Crippen MR) is 136 cm³/mol.